The van der Waals surface area contributed by atoms with Crippen molar-refractivity contribution in [2.45, 2.75) is 19.9 Å². The van der Waals surface area contributed by atoms with Crippen LogP contribution in [0.1, 0.15) is 34.2 Å². The van der Waals surface area contributed by atoms with E-state index in [1.165, 1.54) is 11.3 Å². The van der Waals surface area contributed by atoms with Gasteiger partial charge >= 0.3 is 0 Å². The van der Waals surface area contributed by atoms with Gasteiger partial charge in [0.05, 0.1) is 11.7 Å². The molecule has 9 heteroatoms. The van der Waals surface area contributed by atoms with Gasteiger partial charge in [0.15, 0.2) is 16.7 Å². The second kappa shape index (κ2) is 6.21. The van der Waals surface area contributed by atoms with Crippen molar-refractivity contribution in [2.24, 2.45) is 7.05 Å². The highest BCUT2D eigenvalue weighted by Gasteiger charge is 2.21. The van der Waals surface area contributed by atoms with E-state index < -0.39 is 0 Å². The lowest BCUT2D eigenvalue weighted by atomic mass is 10.3. The molecule has 3 rings (SSSR count). The number of thiazole rings is 1. The number of nitrogens with zero attached hydrogens (tertiary/aromatic N) is 6. The Balaban J connectivity index is 1.80. The Labute approximate surface area is 136 Å². The molecule has 23 heavy (non-hydrogen) atoms. The van der Waals surface area contributed by atoms with Crippen molar-refractivity contribution >= 4 is 17.2 Å². The summed E-state index contributed by atoms with van der Waals surface area (Å²) in [4.78, 5) is 25.7. The van der Waals surface area contributed by atoms with Crippen LogP contribution in [0.3, 0.4) is 0 Å². The number of amides is 1. The summed E-state index contributed by atoms with van der Waals surface area (Å²) in [6.45, 7) is 3.66. The molecule has 118 valence electrons. The molecule has 0 aliphatic rings. The Morgan fingerprint density at radius 1 is 1.35 bits per heavy atom. The molecule has 1 atom stereocenters. The van der Waals surface area contributed by atoms with Crippen LogP contribution < -0.4 is 5.32 Å². The highest BCUT2D eigenvalue weighted by atomic mass is 32.1. The van der Waals surface area contributed by atoms with Crippen LogP contribution in [-0.4, -0.2) is 35.6 Å². The summed E-state index contributed by atoms with van der Waals surface area (Å²) in [7, 11) is 1.83. The van der Waals surface area contributed by atoms with E-state index in [1.807, 2.05) is 14.0 Å². The molecule has 0 aliphatic carbocycles. The molecule has 3 heterocycles. The van der Waals surface area contributed by atoms with Gasteiger partial charge < -0.3 is 9.88 Å². The van der Waals surface area contributed by atoms with Gasteiger partial charge in [-0.3, -0.25) is 4.79 Å². The number of hydrogen-bond donors (Lipinski definition) is 1. The van der Waals surface area contributed by atoms with Crippen LogP contribution in [0.5, 0.6) is 0 Å². The third-order valence-corrected chi connectivity index (χ3v) is 4.39. The first kappa shape index (κ1) is 15.2. The Hall–Kier alpha value is -2.68. The van der Waals surface area contributed by atoms with E-state index in [1.54, 1.807) is 36.3 Å². The van der Waals surface area contributed by atoms with E-state index in [4.69, 9.17) is 0 Å². The predicted octanol–water partition coefficient (Wildman–Crippen LogP) is 1.53. The average Bonchev–Trinajstić information content (AvgIpc) is 3.14. The average molecular weight is 329 g/mol. The van der Waals surface area contributed by atoms with Gasteiger partial charge in [0.2, 0.25) is 0 Å². The van der Waals surface area contributed by atoms with E-state index >= 15 is 0 Å². The fourth-order valence-corrected chi connectivity index (χ4v) is 3.04. The minimum atomic E-state index is -0.257. The zero-order chi connectivity index (χ0) is 16.4. The molecule has 3 aromatic rings. The van der Waals surface area contributed by atoms with Crippen LogP contribution in [0, 0.1) is 6.92 Å². The maximum absolute atomic E-state index is 12.5. The van der Waals surface area contributed by atoms with Gasteiger partial charge in [0.1, 0.15) is 11.2 Å². The molecule has 8 nitrogen and oxygen atoms in total. The Morgan fingerprint density at radius 2 is 2.09 bits per heavy atom. The molecule has 0 spiro atoms. The van der Waals surface area contributed by atoms with Gasteiger partial charge in [-0.1, -0.05) is 0 Å². The third kappa shape index (κ3) is 3.09. The van der Waals surface area contributed by atoms with Gasteiger partial charge in [0, 0.05) is 19.4 Å². The number of hydrogen-bond acceptors (Lipinski definition) is 7. The number of aromatic nitrogens is 6. The molecule has 0 unspecified atom stereocenters. The summed E-state index contributed by atoms with van der Waals surface area (Å²) in [5, 5.41) is 11.4. The Morgan fingerprint density at radius 3 is 2.74 bits per heavy atom. The minimum Gasteiger partial charge on any atom is -0.342 e. The number of rotatable bonds is 4. The lowest BCUT2D eigenvalue weighted by Crippen LogP contribution is -2.28. The van der Waals surface area contributed by atoms with Gasteiger partial charge in [-0.2, -0.15) is 0 Å². The van der Waals surface area contributed by atoms with E-state index in [9.17, 15) is 4.79 Å². The van der Waals surface area contributed by atoms with Crippen LogP contribution in [0.25, 0.3) is 10.8 Å². The van der Waals surface area contributed by atoms with Crippen molar-refractivity contribution in [3.05, 3.63) is 41.2 Å². The zero-order valence-corrected chi connectivity index (χ0v) is 13.7. The van der Waals surface area contributed by atoms with Crippen molar-refractivity contribution in [2.75, 3.05) is 0 Å². The molecule has 0 aliphatic heterocycles. The summed E-state index contributed by atoms with van der Waals surface area (Å²) in [5.41, 5.74) is 0.653. The normalized spacial score (nSPS) is 12.1. The van der Waals surface area contributed by atoms with E-state index in [2.05, 4.69) is 30.5 Å². The molecular formula is C14H15N7OS. The van der Waals surface area contributed by atoms with Gasteiger partial charge in [-0.25, -0.2) is 15.0 Å². The van der Waals surface area contributed by atoms with Crippen molar-refractivity contribution in [3.63, 3.8) is 0 Å². The summed E-state index contributed by atoms with van der Waals surface area (Å²) >= 11 is 1.27. The predicted molar refractivity (Wildman–Crippen MR) is 84.8 cm³/mol. The van der Waals surface area contributed by atoms with E-state index in [0.29, 0.717) is 27.2 Å². The fourth-order valence-electron chi connectivity index (χ4n) is 2.12. The highest BCUT2D eigenvalue weighted by Crippen LogP contribution is 2.25. The zero-order valence-electron chi connectivity index (χ0n) is 12.9. The van der Waals surface area contributed by atoms with Crippen LogP contribution in [0.2, 0.25) is 0 Å². The maximum Gasteiger partial charge on any atom is 0.263 e. The Bertz CT molecular complexity index is 827. The number of nitrogens with one attached hydrogen (secondary N) is 1. The highest BCUT2D eigenvalue weighted by molar-refractivity contribution is 7.17. The molecule has 0 fully saturated rings. The van der Waals surface area contributed by atoms with Gasteiger partial charge in [0.25, 0.3) is 5.91 Å². The van der Waals surface area contributed by atoms with Crippen LogP contribution in [-0.2, 0) is 7.05 Å². The van der Waals surface area contributed by atoms with E-state index in [-0.39, 0.29) is 11.9 Å². The third-order valence-electron chi connectivity index (χ3n) is 3.24. The topological polar surface area (TPSA) is 98.5 Å². The van der Waals surface area contributed by atoms with E-state index in [0.717, 1.165) is 0 Å². The Kier molecular flexibility index (Phi) is 4.11. The standard InChI is InChI=1S/C14H15N7OS/c1-8-10(23-14(19-8)11-15-5-4-6-16-11)13(22)18-9(2)12-20-17-7-21(12)3/h4-7,9H,1-3H3,(H,18,22)/t9-/m1/s1. The van der Waals surface area contributed by atoms with Gasteiger partial charge in [-0.15, -0.1) is 21.5 Å². The molecule has 0 saturated heterocycles. The van der Waals surface area contributed by atoms with Gasteiger partial charge in [-0.05, 0) is 19.9 Å². The minimum absolute atomic E-state index is 0.197. The number of aryl methyl sites for hydroxylation is 2. The number of carbonyl (C=O) groups excluding carboxylic acids is 1. The molecule has 0 aromatic carbocycles. The first-order valence-corrected chi connectivity index (χ1v) is 7.77. The first-order chi connectivity index (χ1) is 11.1. The molecule has 1 amide bonds. The van der Waals surface area contributed by atoms with Crippen molar-refractivity contribution < 1.29 is 4.79 Å². The smallest absolute Gasteiger partial charge is 0.263 e. The lowest BCUT2D eigenvalue weighted by molar-refractivity contribution is 0.0941. The van der Waals surface area contributed by atoms with Crippen LogP contribution in [0.15, 0.2) is 24.8 Å². The monoisotopic (exact) mass is 329 g/mol. The summed E-state index contributed by atoms with van der Waals surface area (Å²) in [5.74, 6) is 1.01. The second-order valence-electron chi connectivity index (χ2n) is 5.00. The summed E-state index contributed by atoms with van der Waals surface area (Å²) in [6.07, 6.45) is 4.89. The molecule has 0 bridgehead atoms. The molecule has 3 aromatic heterocycles. The van der Waals surface area contributed by atoms with Crippen molar-refractivity contribution in [1.82, 2.24) is 35.0 Å². The molecule has 0 radical (unpaired) electrons. The van der Waals surface area contributed by atoms with Crippen LogP contribution in [0.4, 0.5) is 0 Å². The van der Waals surface area contributed by atoms with Crippen LogP contribution >= 0.6 is 11.3 Å². The molecular weight excluding hydrogens is 314 g/mol. The lowest BCUT2D eigenvalue weighted by Gasteiger charge is -2.12. The maximum atomic E-state index is 12.5. The molecule has 1 N–H and O–H groups in total. The fraction of sp³-hybridized carbons (Fsp3) is 0.286. The SMILES string of the molecule is Cc1nc(-c2ncccn2)sc1C(=O)N[C@H](C)c1nncn1C. The van der Waals surface area contributed by atoms with Crippen molar-refractivity contribution in [1.29, 1.82) is 0 Å². The first-order valence-electron chi connectivity index (χ1n) is 6.96. The summed E-state index contributed by atoms with van der Waals surface area (Å²) < 4.78 is 1.77. The second-order valence-corrected chi connectivity index (χ2v) is 6.00. The number of carbonyl (C=O) groups is 1. The van der Waals surface area contributed by atoms with Crippen molar-refractivity contribution in [3.8, 4) is 10.8 Å². The largest absolute Gasteiger partial charge is 0.342 e. The quantitative estimate of drug-likeness (QED) is 0.779. The molecule has 0 saturated carbocycles. The summed E-state index contributed by atoms with van der Waals surface area (Å²) in [6, 6.07) is 1.48.